The summed E-state index contributed by atoms with van der Waals surface area (Å²) in [6, 6.07) is 16.8. The van der Waals surface area contributed by atoms with Crippen LogP contribution in [-0.4, -0.2) is 42.7 Å². The maximum atomic E-state index is 5.89. The fourth-order valence-electron chi connectivity index (χ4n) is 5.79. The van der Waals surface area contributed by atoms with E-state index in [1.807, 2.05) is 12.1 Å². The lowest BCUT2D eigenvalue weighted by atomic mass is 9.97. The van der Waals surface area contributed by atoms with Crippen molar-refractivity contribution >= 4 is 21.5 Å². The molecule has 0 atom stereocenters. The van der Waals surface area contributed by atoms with Gasteiger partial charge < -0.3 is 28.4 Å². The summed E-state index contributed by atoms with van der Waals surface area (Å²) in [6.45, 7) is 0. The predicted octanol–water partition coefficient (Wildman–Crippen LogP) is 4.88. The molecule has 2 aromatic heterocycles. The van der Waals surface area contributed by atoms with Crippen LogP contribution in [0, 0.1) is 0 Å². The number of hydrogen-bond acceptors (Lipinski definition) is 6. The Labute approximate surface area is 246 Å². The van der Waals surface area contributed by atoms with E-state index >= 15 is 0 Å². The average Bonchev–Trinajstić information content (AvgIpc) is 3.01. The molecule has 0 saturated heterocycles. The van der Waals surface area contributed by atoms with E-state index in [0.29, 0.717) is 47.3 Å². The number of fused-ring (bicyclic) bond motifs is 2. The number of benzene rings is 3. The van der Waals surface area contributed by atoms with Crippen molar-refractivity contribution in [3.63, 3.8) is 0 Å². The van der Waals surface area contributed by atoms with E-state index < -0.39 is 0 Å². The quantitative estimate of drug-likeness (QED) is 0.223. The van der Waals surface area contributed by atoms with Gasteiger partial charge in [-0.05, 0) is 23.3 Å². The highest BCUT2D eigenvalue weighted by atomic mass is 16.5. The molecule has 2 heterocycles. The summed E-state index contributed by atoms with van der Waals surface area (Å²) in [5.74, 6) is 3.76. The summed E-state index contributed by atoms with van der Waals surface area (Å²) in [5, 5.41) is 4.04. The molecule has 0 aliphatic rings. The lowest BCUT2D eigenvalue weighted by Gasteiger charge is -2.16. The van der Waals surface area contributed by atoms with Crippen LogP contribution in [0.15, 0.2) is 60.9 Å². The maximum Gasteiger partial charge on any atom is 0.204 e. The van der Waals surface area contributed by atoms with Crippen LogP contribution in [0.4, 0.5) is 0 Å². The fraction of sp³-hybridized carbons (Fsp3) is 0.294. The smallest absolute Gasteiger partial charge is 0.204 e. The minimum Gasteiger partial charge on any atom is -0.493 e. The van der Waals surface area contributed by atoms with Gasteiger partial charge in [-0.3, -0.25) is 0 Å². The molecule has 42 heavy (non-hydrogen) atoms. The molecule has 0 aliphatic carbocycles. The molecule has 0 radical (unpaired) electrons. The van der Waals surface area contributed by atoms with Crippen LogP contribution in [0.1, 0.15) is 22.5 Å². The van der Waals surface area contributed by atoms with Gasteiger partial charge >= 0.3 is 0 Å². The standard InChI is InChI=1S/C34H38N2O6/c1-35-14-12-23-19-27(37-3)31(39-5)33(41-7)29(23)25(35)17-21-10-9-11-22(16-21)18-26-30-24(13-15-36(26)2)20-28(38-4)32(40-6)34(30)42-8/h9-16,19-20H,17-18H2,1-8H3/q+2. The Morgan fingerprint density at radius 2 is 0.905 bits per heavy atom. The normalized spacial score (nSPS) is 11.0. The SMILES string of the molecule is COc1cc2cc[n+](C)c(Cc3cccc(Cc4c5c(OC)c(OC)c(OC)cc5cc[n+]4C)c3)c2c(OC)c1OC. The van der Waals surface area contributed by atoms with E-state index in [0.717, 1.165) is 32.9 Å². The third kappa shape index (κ3) is 4.98. The van der Waals surface area contributed by atoms with Gasteiger partial charge in [-0.15, -0.1) is 0 Å². The molecule has 0 fully saturated rings. The zero-order valence-electron chi connectivity index (χ0n) is 25.5. The van der Waals surface area contributed by atoms with E-state index in [9.17, 15) is 0 Å². The van der Waals surface area contributed by atoms with Gasteiger partial charge in [0.1, 0.15) is 14.1 Å². The molecular weight excluding hydrogens is 532 g/mol. The summed E-state index contributed by atoms with van der Waals surface area (Å²) in [5.41, 5.74) is 4.58. The number of nitrogens with zero attached hydrogens (tertiary/aromatic N) is 2. The van der Waals surface area contributed by atoms with Gasteiger partial charge in [0.15, 0.2) is 46.8 Å². The number of hydrogen-bond donors (Lipinski definition) is 0. The number of aromatic nitrogens is 2. The Morgan fingerprint density at radius 1 is 0.500 bits per heavy atom. The predicted molar refractivity (Wildman–Crippen MR) is 162 cm³/mol. The summed E-state index contributed by atoms with van der Waals surface area (Å²) >= 11 is 0. The molecular formula is C34H38N2O6+2. The van der Waals surface area contributed by atoms with Crippen LogP contribution >= 0.6 is 0 Å². The summed E-state index contributed by atoms with van der Waals surface area (Å²) in [7, 11) is 14.0. The molecule has 0 bridgehead atoms. The van der Waals surface area contributed by atoms with E-state index in [1.165, 1.54) is 11.1 Å². The van der Waals surface area contributed by atoms with Crippen molar-refractivity contribution in [2.24, 2.45) is 14.1 Å². The lowest BCUT2D eigenvalue weighted by Crippen LogP contribution is -2.34. The van der Waals surface area contributed by atoms with Gasteiger partial charge in [0.05, 0.1) is 66.3 Å². The minimum absolute atomic E-state index is 0.582. The Bertz CT molecular complexity index is 1660. The topological polar surface area (TPSA) is 63.1 Å². The molecule has 218 valence electrons. The van der Waals surface area contributed by atoms with Crippen LogP contribution in [0.3, 0.4) is 0 Å². The first kappa shape index (κ1) is 28.8. The van der Waals surface area contributed by atoms with Crippen molar-refractivity contribution in [2.75, 3.05) is 42.7 Å². The molecule has 0 unspecified atom stereocenters. The van der Waals surface area contributed by atoms with Crippen LogP contribution in [-0.2, 0) is 26.9 Å². The van der Waals surface area contributed by atoms with Gasteiger partial charge in [0.2, 0.25) is 11.5 Å². The highest BCUT2D eigenvalue weighted by Gasteiger charge is 2.26. The van der Waals surface area contributed by atoms with Gasteiger partial charge in [0.25, 0.3) is 0 Å². The third-order valence-corrected chi connectivity index (χ3v) is 7.84. The van der Waals surface area contributed by atoms with Crippen molar-refractivity contribution in [1.29, 1.82) is 0 Å². The van der Waals surface area contributed by atoms with Crippen LogP contribution in [0.5, 0.6) is 34.5 Å². The molecule has 0 N–H and O–H groups in total. The molecule has 8 heteroatoms. The largest absolute Gasteiger partial charge is 0.493 e. The first-order valence-corrected chi connectivity index (χ1v) is 13.7. The number of rotatable bonds is 10. The zero-order valence-corrected chi connectivity index (χ0v) is 25.5. The molecule has 0 saturated carbocycles. The van der Waals surface area contributed by atoms with Crippen LogP contribution < -0.4 is 37.6 Å². The lowest BCUT2D eigenvalue weighted by molar-refractivity contribution is -0.677. The molecule has 0 spiro atoms. The second-order valence-electron chi connectivity index (χ2n) is 10.1. The molecule has 8 nitrogen and oxygen atoms in total. The molecule has 0 amide bonds. The monoisotopic (exact) mass is 570 g/mol. The third-order valence-electron chi connectivity index (χ3n) is 7.84. The molecule has 5 rings (SSSR count). The number of aryl methyl sites for hydroxylation is 2. The zero-order chi connectivity index (χ0) is 30.0. The van der Waals surface area contributed by atoms with Crippen molar-refractivity contribution < 1.29 is 37.6 Å². The van der Waals surface area contributed by atoms with E-state index in [-0.39, 0.29) is 0 Å². The minimum atomic E-state index is 0.582. The van der Waals surface area contributed by atoms with E-state index in [1.54, 1.807) is 42.7 Å². The average molecular weight is 571 g/mol. The molecule has 3 aromatic carbocycles. The second kappa shape index (κ2) is 12.0. The summed E-state index contributed by atoms with van der Waals surface area (Å²) < 4.78 is 38.6. The summed E-state index contributed by atoms with van der Waals surface area (Å²) in [4.78, 5) is 0. The Hall–Kier alpha value is -4.72. The van der Waals surface area contributed by atoms with Gasteiger partial charge in [-0.1, -0.05) is 24.3 Å². The van der Waals surface area contributed by atoms with Crippen LogP contribution in [0.25, 0.3) is 21.5 Å². The van der Waals surface area contributed by atoms with Crippen molar-refractivity contribution in [2.45, 2.75) is 12.8 Å². The second-order valence-corrected chi connectivity index (χ2v) is 10.1. The first-order chi connectivity index (χ1) is 20.4. The fourth-order valence-corrected chi connectivity index (χ4v) is 5.79. The maximum absolute atomic E-state index is 5.89. The Kier molecular flexibility index (Phi) is 8.24. The van der Waals surface area contributed by atoms with Crippen molar-refractivity contribution in [3.8, 4) is 34.5 Å². The Morgan fingerprint density at radius 3 is 1.26 bits per heavy atom. The highest BCUT2D eigenvalue weighted by molar-refractivity contribution is 5.95. The van der Waals surface area contributed by atoms with E-state index in [4.69, 9.17) is 28.4 Å². The molecule has 5 aromatic rings. The number of methoxy groups -OCH3 is 6. The Balaban J connectivity index is 1.60. The van der Waals surface area contributed by atoms with Crippen molar-refractivity contribution in [1.82, 2.24) is 0 Å². The highest BCUT2D eigenvalue weighted by Crippen LogP contribution is 2.45. The number of pyridine rings is 2. The first-order valence-electron chi connectivity index (χ1n) is 13.7. The van der Waals surface area contributed by atoms with Gasteiger partial charge in [-0.25, -0.2) is 9.13 Å². The molecule has 0 aliphatic heterocycles. The van der Waals surface area contributed by atoms with E-state index in [2.05, 4.69) is 72.0 Å². The van der Waals surface area contributed by atoms with Gasteiger partial charge in [-0.2, -0.15) is 0 Å². The van der Waals surface area contributed by atoms with Crippen LogP contribution in [0.2, 0.25) is 0 Å². The van der Waals surface area contributed by atoms with Crippen molar-refractivity contribution in [3.05, 3.63) is 83.4 Å². The summed E-state index contributed by atoms with van der Waals surface area (Å²) in [6.07, 6.45) is 5.53. The number of ether oxygens (including phenoxy) is 6. The van der Waals surface area contributed by atoms with Gasteiger partial charge in [0, 0.05) is 22.9 Å².